The van der Waals surface area contributed by atoms with Gasteiger partial charge in [-0.05, 0) is 23.8 Å². The van der Waals surface area contributed by atoms with Crippen LogP contribution < -0.4 is 0 Å². The first-order valence-electron chi connectivity index (χ1n) is 7.92. The molecule has 0 atom stereocenters. The van der Waals surface area contributed by atoms with E-state index in [1.807, 2.05) is 24.0 Å². The van der Waals surface area contributed by atoms with Crippen molar-refractivity contribution in [3.05, 3.63) is 68.5 Å². The first-order chi connectivity index (χ1) is 12.1. The number of hydrogen-bond donors (Lipinski definition) is 0. The Labute approximate surface area is 149 Å². The summed E-state index contributed by atoms with van der Waals surface area (Å²) in [5.41, 5.74) is 0.837. The maximum Gasteiger partial charge on any atom is 0.314 e. The van der Waals surface area contributed by atoms with Crippen molar-refractivity contribution in [2.24, 2.45) is 4.99 Å². The molecule has 2 aromatic heterocycles. The molecular weight excluding hydrogens is 344 g/mol. The van der Waals surface area contributed by atoms with Crippen LogP contribution in [0, 0.1) is 10.1 Å². The van der Waals surface area contributed by atoms with E-state index < -0.39 is 4.92 Å². The quantitative estimate of drug-likeness (QED) is 0.447. The lowest BCUT2D eigenvalue weighted by Gasteiger charge is -2.18. The summed E-state index contributed by atoms with van der Waals surface area (Å²) in [7, 11) is 0. The molecule has 0 saturated carbocycles. The van der Waals surface area contributed by atoms with Crippen LogP contribution in [0.2, 0.25) is 5.15 Å². The molecule has 0 amide bonds. The maximum atomic E-state index is 11.6. The molecule has 0 saturated heterocycles. The molecule has 0 fully saturated rings. The molecule has 0 radical (unpaired) electrons. The third-order valence-corrected chi connectivity index (χ3v) is 4.05. The summed E-state index contributed by atoms with van der Waals surface area (Å²) < 4.78 is 5.56. The summed E-state index contributed by atoms with van der Waals surface area (Å²) >= 11 is 5.80. The fourth-order valence-corrected chi connectivity index (χ4v) is 2.71. The maximum absolute atomic E-state index is 11.6. The highest BCUT2D eigenvalue weighted by atomic mass is 35.5. The Morgan fingerprint density at radius 1 is 1.44 bits per heavy atom. The normalized spacial score (nSPS) is 14.7. The molecule has 3 rings (SSSR count). The van der Waals surface area contributed by atoms with Crippen LogP contribution in [0.15, 0.2) is 45.6 Å². The van der Waals surface area contributed by atoms with Crippen LogP contribution in [-0.2, 0) is 13.0 Å². The minimum absolute atomic E-state index is 0.0728. The summed E-state index contributed by atoms with van der Waals surface area (Å²) in [6.07, 6.45) is 3.82. The number of nitrogens with zero attached hydrogens (tertiary/aromatic N) is 4. The number of aryl methyl sites for hydroxylation is 1. The minimum Gasteiger partial charge on any atom is -0.461 e. The minimum atomic E-state index is -0.425. The number of aromatic nitrogens is 1. The lowest BCUT2D eigenvalue weighted by Crippen LogP contribution is -2.30. The Morgan fingerprint density at radius 2 is 2.28 bits per heavy atom. The van der Waals surface area contributed by atoms with Crippen LogP contribution >= 0.6 is 11.6 Å². The van der Waals surface area contributed by atoms with Gasteiger partial charge in [-0.25, -0.2) is 4.98 Å². The zero-order valence-electron chi connectivity index (χ0n) is 13.7. The number of pyridine rings is 1. The molecule has 130 valence electrons. The first-order valence-corrected chi connectivity index (χ1v) is 8.29. The van der Waals surface area contributed by atoms with Crippen molar-refractivity contribution in [3.63, 3.8) is 0 Å². The molecular formula is C17H17ClN4O3. The molecule has 1 aliphatic heterocycles. The monoisotopic (exact) mass is 360 g/mol. The van der Waals surface area contributed by atoms with Crippen LogP contribution in [0.4, 0.5) is 0 Å². The molecule has 0 bridgehead atoms. The van der Waals surface area contributed by atoms with Crippen LogP contribution in [0.3, 0.4) is 0 Å². The van der Waals surface area contributed by atoms with Gasteiger partial charge in [0.25, 0.3) is 0 Å². The van der Waals surface area contributed by atoms with Gasteiger partial charge in [0, 0.05) is 25.7 Å². The van der Waals surface area contributed by atoms with Gasteiger partial charge >= 0.3 is 5.70 Å². The third kappa shape index (κ3) is 4.06. The van der Waals surface area contributed by atoms with E-state index in [0.717, 1.165) is 17.7 Å². The van der Waals surface area contributed by atoms with E-state index in [4.69, 9.17) is 16.0 Å². The molecule has 2 aromatic rings. The average molecular weight is 361 g/mol. The van der Waals surface area contributed by atoms with Crippen molar-refractivity contribution in [1.29, 1.82) is 0 Å². The molecule has 0 N–H and O–H groups in total. The molecule has 25 heavy (non-hydrogen) atoms. The van der Waals surface area contributed by atoms with Crippen LogP contribution in [0.1, 0.15) is 24.0 Å². The lowest BCUT2D eigenvalue weighted by atomic mass is 10.2. The average Bonchev–Trinajstić information content (AvgIpc) is 3.23. The standard InChI is InChI=1S/C17H17ClN4O3/c1-2-13-4-5-14(25-13)9-15(22(23)24)17-19-7-8-21(17)11-12-3-6-16(18)20-10-12/h3-6,9-10H,2,7-8,11H2,1H3/b15-9-. The lowest BCUT2D eigenvalue weighted by molar-refractivity contribution is -0.414. The number of halogens is 1. The Bertz CT molecular complexity index is 827. The summed E-state index contributed by atoms with van der Waals surface area (Å²) in [5.74, 6) is 1.59. The predicted molar refractivity (Wildman–Crippen MR) is 95.0 cm³/mol. The summed E-state index contributed by atoms with van der Waals surface area (Å²) in [6.45, 7) is 3.57. The van der Waals surface area contributed by atoms with Crippen LogP contribution in [0.5, 0.6) is 0 Å². The second-order valence-corrected chi connectivity index (χ2v) is 5.95. The third-order valence-electron chi connectivity index (χ3n) is 3.83. The van der Waals surface area contributed by atoms with Crippen molar-refractivity contribution in [2.75, 3.05) is 13.1 Å². The van der Waals surface area contributed by atoms with E-state index >= 15 is 0 Å². The Kier molecular flexibility index (Phi) is 5.14. The van der Waals surface area contributed by atoms with Gasteiger partial charge in [0.2, 0.25) is 5.84 Å². The van der Waals surface area contributed by atoms with Gasteiger partial charge in [0.1, 0.15) is 16.7 Å². The molecule has 0 aliphatic carbocycles. The smallest absolute Gasteiger partial charge is 0.314 e. The summed E-state index contributed by atoms with van der Waals surface area (Å²) in [4.78, 5) is 21.4. The van der Waals surface area contributed by atoms with Crippen LogP contribution in [-0.4, -0.2) is 33.7 Å². The molecule has 0 unspecified atom stereocenters. The van der Waals surface area contributed by atoms with Gasteiger partial charge in [-0.2, -0.15) is 0 Å². The zero-order chi connectivity index (χ0) is 17.8. The molecule has 0 aromatic carbocycles. The van der Waals surface area contributed by atoms with Crippen molar-refractivity contribution in [3.8, 4) is 0 Å². The van der Waals surface area contributed by atoms with E-state index in [0.29, 0.717) is 36.4 Å². The highest BCUT2D eigenvalue weighted by Crippen LogP contribution is 2.19. The topological polar surface area (TPSA) is 84.8 Å². The second-order valence-electron chi connectivity index (χ2n) is 5.56. The predicted octanol–water partition coefficient (Wildman–Crippen LogP) is 3.42. The van der Waals surface area contributed by atoms with Gasteiger partial charge in [-0.1, -0.05) is 24.6 Å². The van der Waals surface area contributed by atoms with E-state index in [2.05, 4.69) is 9.98 Å². The number of nitro groups is 1. The van der Waals surface area contributed by atoms with Crippen molar-refractivity contribution < 1.29 is 9.34 Å². The van der Waals surface area contributed by atoms with Gasteiger partial charge in [-0.3, -0.25) is 15.1 Å². The SMILES string of the molecule is CCc1ccc(/C=C(/C2=NCCN2Cc2ccc(Cl)nc2)[N+](=O)[O-])o1. The number of furan rings is 1. The second kappa shape index (κ2) is 7.48. The molecule has 1 aliphatic rings. The van der Waals surface area contributed by atoms with E-state index in [1.165, 1.54) is 6.08 Å². The Hall–Kier alpha value is -2.67. The zero-order valence-corrected chi connectivity index (χ0v) is 14.4. The number of amidine groups is 1. The molecule has 8 heteroatoms. The fraction of sp³-hybridized carbons (Fsp3) is 0.294. The molecule has 0 spiro atoms. The fourth-order valence-electron chi connectivity index (χ4n) is 2.60. The number of hydrogen-bond acceptors (Lipinski definition) is 6. The highest BCUT2D eigenvalue weighted by molar-refractivity contribution is 6.29. The van der Waals surface area contributed by atoms with Gasteiger partial charge in [0.15, 0.2) is 0 Å². The largest absolute Gasteiger partial charge is 0.461 e. The van der Waals surface area contributed by atoms with E-state index in [-0.39, 0.29) is 5.70 Å². The van der Waals surface area contributed by atoms with Crippen molar-refractivity contribution in [1.82, 2.24) is 9.88 Å². The summed E-state index contributed by atoms with van der Waals surface area (Å²) in [5, 5.41) is 12.0. The van der Waals surface area contributed by atoms with Crippen LogP contribution in [0.25, 0.3) is 6.08 Å². The first kappa shape index (κ1) is 17.2. The van der Waals surface area contributed by atoms with Gasteiger partial charge in [0.05, 0.1) is 17.5 Å². The van der Waals surface area contributed by atoms with Gasteiger partial charge in [-0.15, -0.1) is 0 Å². The molecule has 7 nitrogen and oxygen atoms in total. The van der Waals surface area contributed by atoms with E-state index in [9.17, 15) is 10.1 Å². The van der Waals surface area contributed by atoms with Crippen molar-refractivity contribution >= 4 is 23.5 Å². The Balaban J connectivity index is 1.84. The summed E-state index contributed by atoms with van der Waals surface area (Å²) in [6, 6.07) is 7.09. The van der Waals surface area contributed by atoms with Gasteiger partial charge < -0.3 is 9.32 Å². The highest BCUT2D eigenvalue weighted by Gasteiger charge is 2.29. The number of rotatable bonds is 6. The molecule has 3 heterocycles. The van der Waals surface area contributed by atoms with Crippen molar-refractivity contribution in [2.45, 2.75) is 19.9 Å². The van der Waals surface area contributed by atoms with E-state index in [1.54, 1.807) is 18.3 Å². The Morgan fingerprint density at radius 3 is 2.92 bits per heavy atom. The number of aliphatic imine (C=N–C) groups is 1.